The number of piperazine rings is 1. The van der Waals surface area contributed by atoms with Gasteiger partial charge in [-0.1, -0.05) is 24.3 Å². The largest absolute Gasteiger partial charge is 0.368 e. The molecule has 0 unspecified atom stereocenters. The van der Waals surface area contributed by atoms with E-state index in [9.17, 15) is 0 Å². The van der Waals surface area contributed by atoms with Crippen molar-refractivity contribution < 1.29 is 0 Å². The zero-order valence-electron chi connectivity index (χ0n) is 18.1. The van der Waals surface area contributed by atoms with Crippen molar-refractivity contribution in [1.29, 1.82) is 0 Å². The molecule has 158 valence electrons. The first-order valence-corrected chi connectivity index (χ1v) is 11.3. The number of thiazole rings is 1. The molecule has 7 heteroatoms. The van der Waals surface area contributed by atoms with Crippen LogP contribution in [0.25, 0.3) is 37.7 Å². The van der Waals surface area contributed by atoms with Crippen LogP contribution in [0.3, 0.4) is 0 Å². The van der Waals surface area contributed by atoms with Crippen LogP contribution in [0.2, 0.25) is 0 Å². The van der Waals surface area contributed by atoms with E-state index < -0.39 is 0 Å². The predicted octanol–water partition coefficient (Wildman–Crippen LogP) is 4.58. The highest BCUT2D eigenvalue weighted by Gasteiger charge is 2.24. The molecule has 1 aromatic carbocycles. The van der Waals surface area contributed by atoms with Gasteiger partial charge in [-0.05, 0) is 38.6 Å². The lowest BCUT2D eigenvalue weighted by Gasteiger charge is -2.34. The first-order valence-electron chi connectivity index (χ1n) is 10.5. The molecule has 0 aliphatic carbocycles. The van der Waals surface area contributed by atoms with Crippen LogP contribution in [-0.4, -0.2) is 63.2 Å². The Morgan fingerprint density at radius 1 is 1.16 bits per heavy atom. The van der Waals surface area contributed by atoms with E-state index in [0.717, 1.165) is 69.6 Å². The van der Waals surface area contributed by atoms with Gasteiger partial charge in [-0.2, -0.15) is 5.10 Å². The molecule has 4 aromatic rings. The van der Waals surface area contributed by atoms with E-state index in [2.05, 4.69) is 70.7 Å². The number of aromatic amines is 1. The minimum atomic E-state index is 0.927. The monoisotopic (exact) mass is 430 g/mol. The fourth-order valence-corrected chi connectivity index (χ4v) is 5.26. The molecule has 4 heterocycles. The molecule has 5 rings (SSSR count). The molecule has 0 amide bonds. The van der Waals surface area contributed by atoms with E-state index in [1.165, 1.54) is 11.1 Å². The van der Waals surface area contributed by atoms with Gasteiger partial charge in [0.2, 0.25) is 0 Å². The summed E-state index contributed by atoms with van der Waals surface area (Å²) >= 11 is 1.67. The molecule has 1 fully saturated rings. The maximum Gasteiger partial charge on any atom is 0.143 e. The van der Waals surface area contributed by atoms with Gasteiger partial charge in [-0.3, -0.25) is 10.1 Å². The van der Waals surface area contributed by atoms with E-state index in [0.29, 0.717) is 0 Å². The molecule has 0 atom stereocenters. The van der Waals surface area contributed by atoms with Crippen molar-refractivity contribution in [3.05, 3.63) is 60.1 Å². The highest BCUT2D eigenvalue weighted by Crippen LogP contribution is 2.40. The summed E-state index contributed by atoms with van der Waals surface area (Å²) in [7, 11) is 2.16. The normalized spacial score (nSPS) is 15.0. The third-order valence-corrected chi connectivity index (χ3v) is 7.04. The van der Waals surface area contributed by atoms with Gasteiger partial charge >= 0.3 is 0 Å². The zero-order chi connectivity index (χ0) is 21.5. The Hall–Kier alpha value is -3.03. The van der Waals surface area contributed by atoms with Crippen LogP contribution < -0.4 is 0 Å². The summed E-state index contributed by atoms with van der Waals surface area (Å²) in [5, 5.41) is 9.87. The first-order chi connectivity index (χ1) is 15.0. The number of likely N-dealkylation sites (N-methyl/N-ethyl adjacent to an activating group) is 1. The van der Waals surface area contributed by atoms with Crippen molar-refractivity contribution >= 4 is 27.9 Å². The summed E-state index contributed by atoms with van der Waals surface area (Å²) < 4.78 is 0. The van der Waals surface area contributed by atoms with Crippen LogP contribution in [0.4, 0.5) is 0 Å². The summed E-state index contributed by atoms with van der Waals surface area (Å²) in [5.41, 5.74) is 7.33. The van der Waals surface area contributed by atoms with E-state index in [-0.39, 0.29) is 0 Å². The van der Waals surface area contributed by atoms with Gasteiger partial charge in [-0.15, -0.1) is 11.3 Å². The number of rotatable bonds is 4. The second-order valence-corrected chi connectivity index (χ2v) is 9.25. The van der Waals surface area contributed by atoms with E-state index in [1.807, 2.05) is 12.3 Å². The summed E-state index contributed by atoms with van der Waals surface area (Å²) in [4.78, 5) is 15.2. The topological polar surface area (TPSA) is 60.9 Å². The summed E-state index contributed by atoms with van der Waals surface area (Å²) in [6.45, 7) is 12.6. The molecule has 0 bridgehead atoms. The third-order valence-electron chi connectivity index (χ3n) is 5.92. The van der Waals surface area contributed by atoms with Gasteiger partial charge < -0.3 is 9.80 Å². The number of pyridine rings is 1. The van der Waals surface area contributed by atoms with Gasteiger partial charge in [0.05, 0.1) is 16.1 Å². The van der Waals surface area contributed by atoms with Crippen molar-refractivity contribution in [3.8, 4) is 21.1 Å². The first kappa shape index (κ1) is 19.9. The van der Waals surface area contributed by atoms with Crippen molar-refractivity contribution in [3.63, 3.8) is 0 Å². The van der Waals surface area contributed by atoms with Gasteiger partial charge in [0.15, 0.2) is 0 Å². The standard InChI is InChI=1S/C24H26N6S/c1-15-12-16(2)20-19(13-15)22(28-27-20)24-26-21(17(3)30-10-8-29(4)9-11-30)23(31-24)18-6-5-7-25-14-18/h5-7,12-14H,3,8-11H2,1-2,4H3,(H,27,28). The fraction of sp³-hybridized carbons (Fsp3) is 0.292. The molecule has 0 radical (unpaired) electrons. The van der Waals surface area contributed by atoms with E-state index in [4.69, 9.17) is 4.98 Å². The number of hydrogen-bond acceptors (Lipinski definition) is 6. The second kappa shape index (κ2) is 7.90. The smallest absolute Gasteiger partial charge is 0.143 e. The average molecular weight is 431 g/mol. The lowest BCUT2D eigenvalue weighted by molar-refractivity contribution is 0.207. The van der Waals surface area contributed by atoms with Crippen molar-refractivity contribution in [2.75, 3.05) is 33.2 Å². The summed E-state index contributed by atoms with van der Waals surface area (Å²) in [6, 6.07) is 8.40. The number of aryl methyl sites for hydroxylation is 2. The third kappa shape index (κ3) is 3.64. The van der Waals surface area contributed by atoms with Gasteiger partial charge in [0.1, 0.15) is 16.4 Å². The number of benzene rings is 1. The lowest BCUT2D eigenvalue weighted by atomic mass is 10.1. The highest BCUT2D eigenvalue weighted by molar-refractivity contribution is 7.18. The Labute approximate surface area is 186 Å². The van der Waals surface area contributed by atoms with Crippen molar-refractivity contribution in [1.82, 2.24) is 30.0 Å². The Morgan fingerprint density at radius 3 is 2.71 bits per heavy atom. The summed E-state index contributed by atoms with van der Waals surface area (Å²) in [6.07, 6.45) is 3.70. The Kier molecular flexibility index (Phi) is 5.08. The number of nitrogens with one attached hydrogen (secondary N) is 1. The Morgan fingerprint density at radius 2 is 1.97 bits per heavy atom. The fourth-order valence-electron chi connectivity index (χ4n) is 4.18. The number of nitrogens with zero attached hydrogens (tertiary/aromatic N) is 5. The van der Waals surface area contributed by atoms with Crippen LogP contribution >= 0.6 is 11.3 Å². The van der Waals surface area contributed by atoms with Crippen LogP contribution in [-0.2, 0) is 0 Å². The van der Waals surface area contributed by atoms with Crippen molar-refractivity contribution in [2.45, 2.75) is 13.8 Å². The molecule has 3 aromatic heterocycles. The molecule has 31 heavy (non-hydrogen) atoms. The lowest BCUT2D eigenvalue weighted by Crippen LogP contribution is -2.43. The highest BCUT2D eigenvalue weighted by atomic mass is 32.1. The number of hydrogen-bond donors (Lipinski definition) is 1. The number of fused-ring (bicyclic) bond motifs is 1. The Bertz CT molecular complexity index is 1250. The molecular weight excluding hydrogens is 404 g/mol. The maximum absolute atomic E-state index is 5.10. The summed E-state index contributed by atoms with van der Waals surface area (Å²) in [5.74, 6) is 0. The van der Waals surface area contributed by atoms with Crippen LogP contribution in [0.5, 0.6) is 0 Å². The maximum atomic E-state index is 5.10. The van der Waals surface area contributed by atoms with Crippen LogP contribution in [0.15, 0.2) is 43.2 Å². The quantitative estimate of drug-likeness (QED) is 0.513. The second-order valence-electron chi connectivity index (χ2n) is 8.25. The molecular formula is C24H26N6S. The molecule has 1 aliphatic heterocycles. The number of H-pyrrole nitrogens is 1. The van der Waals surface area contributed by atoms with Crippen molar-refractivity contribution in [2.24, 2.45) is 0 Å². The van der Waals surface area contributed by atoms with Crippen LogP contribution in [0.1, 0.15) is 16.8 Å². The minimum absolute atomic E-state index is 0.927. The zero-order valence-corrected chi connectivity index (χ0v) is 19.0. The number of aromatic nitrogens is 4. The SMILES string of the molecule is C=C(c1nc(-c2[nH]nc3c(C)cc(C)cc23)sc1-c1cccnc1)N1CCN(C)CC1. The van der Waals surface area contributed by atoms with Crippen LogP contribution in [0, 0.1) is 13.8 Å². The Balaban J connectivity index is 1.63. The minimum Gasteiger partial charge on any atom is -0.368 e. The van der Waals surface area contributed by atoms with E-state index >= 15 is 0 Å². The van der Waals surface area contributed by atoms with E-state index in [1.54, 1.807) is 17.5 Å². The van der Waals surface area contributed by atoms with Gasteiger partial charge in [0.25, 0.3) is 0 Å². The predicted molar refractivity (Wildman–Crippen MR) is 128 cm³/mol. The molecule has 1 N–H and O–H groups in total. The average Bonchev–Trinajstić information content (AvgIpc) is 3.39. The molecule has 6 nitrogen and oxygen atoms in total. The van der Waals surface area contributed by atoms with Gasteiger partial charge in [-0.25, -0.2) is 4.98 Å². The molecule has 1 saturated heterocycles. The molecule has 0 spiro atoms. The van der Waals surface area contributed by atoms with Gasteiger partial charge in [0, 0.05) is 49.5 Å². The molecule has 0 saturated carbocycles. The molecule has 1 aliphatic rings.